The molecule has 0 saturated heterocycles. The van der Waals surface area contributed by atoms with Crippen LogP contribution in [0.4, 0.5) is 18.9 Å². The summed E-state index contributed by atoms with van der Waals surface area (Å²) in [4.78, 5) is 11.6. The van der Waals surface area contributed by atoms with E-state index in [1.165, 1.54) is 25.3 Å². The smallest absolute Gasteiger partial charge is 0.417 e. The van der Waals surface area contributed by atoms with Gasteiger partial charge in [0.15, 0.2) is 17.1 Å². The van der Waals surface area contributed by atoms with Gasteiger partial charge in [-0.1, -0.05) is 0 Å². The minimum Gasteiger partial charge on any atom is -0.493 e. The molecule has 0 spiro atoms. The minimum atomic E-state index is -4.89. The molecule has 22 heavy (non-hydrogen) atoms. The molecule has 0 heterocycles. The Hall–Kier alpha value is -1.96. The number of alkyl halides is 3. The molecule has 0 aliphatic rings. The van der Waals surface area contributed by atoms with Gasteiger partial charge in [0.2, 0.25) is 5.91 Å². The van der Waals surface area contributed by atoms with Gasteiger partial charge in [-0.15, -0.1) is 0 Å². The normalized spacial score (nSPS) is 14.1. The van der Waals surface area contributed by atoms with E-state index in [9.17, 15) is 23.1 Å². The minimum absolute atomic E-state index is 0.239. The third kappa shape index (κ3) is 4.52. The van der Waals surface area contributed by atoms with Crippen molar-refractivity contribution in [1.29, 1.82) is 0 Å². The van der Waals surface area contributed by atoms with E-state index in [0.29, 0.717) is 25.0 Å². The standard InChI is InChI=1S/C14H18F3NO4/c1-4-22-10-6-5-9(7-11(10)21-3)18-12(19)8-13(2,20)14(15,16)17/h5-7,20H,4,8H2,1-3H3,(H,18,19)/t13-/m0/s1. The molecule has 1 amide bonds. The van der Waals surface area contributed by atoms with Gasteiger partial charge in [0, 0.05) is 11.8 Å². The fourth-order valence-electron chi connectivity index (χ4n) is 1.64. The van der Waals surface area contributed by atoms with Crippen LogP contribution >= 0.6 is 0 Å². The summed E-state index contributed by atoms with van der Waals surface area (Å²) < 4.78 is 47.9. The van der Waals surface area contributed by atoms with Gasteiger partial charge in [0.05, 0.1) is 20.1 Å². The monoisotopic (exact) mass is 321 g/mol. The highest BCUT2D eigenvalue weighted by molar-refractivity contribution is 5.91. The summed E-state index contributed by atoms with van der Waals surface area (Å²) in [5.41, 5.74) is -2.85. The van der Waals surface area contributed by atoms with Crippen molar-refractivity contribution in [2.24, 2.45) is 0 Å². The van der Waals surface area contributed by atoms with Crippen LogP contribution in [0.2, 0.25) is 0 Å². The van der Waals surface area contributed by atoms with Crippen molar-refractivity contribution < 1.29 is 32.5 Å². The van der Waals surface area contributed by atoms with Crippen LogP contribution in [0.1, 0.15) is 20.3 Å². The maximum atomic E-state index is 12.5. The first-order valence-corrected chi connectivity index (χ1v) is 6.50. The summed E-state index contributed by atoms with van der Waals surface area (Å²) >= 11 is 0. The van der Waals surface area contributed by atoms with E-state index in [4.69, 9.17) is 9.47 Å². The molecule has 0 unspecified atom stereocenters. The second-order valence-corrected chi connectivity index (χ2v) is 4.80. The summed E-state index contributed by atoms with van der Waals surface area (Å²) in [7, 11) is 1.40. The number of methoxy groups -OCH3 is 1. The molecule has 1 atom stereocenters. The Bertz CT molecular complexity index is 529. The van der Waals surface area contributed by atoms with Crippen LogP contribution in [0.5, 0.6) is 11.5 Å². The van der Waals surface area contributed by atoms with Crippen LogP contribution in [-0.2, 0) is 4.79 Å². The van der Waals surface area contributed by atoms with Gasteiger partial charge < -0.3 is 19.9 Å². The Morgan fingerprint density at radius 2 is 1.95 bits per heavy atom. The molecular formula is C14H18F3NO4. The number of benzene rings is 1. The average Bonchev–Trinajstić information content (AvgIpc) is 2.38. The predicted octanol–water partition coefficient (Wildman–Crippen LogP) is 2.74. The summed E-state index contributed by atoms with van der Waals surface area (Å²) in [5.74, 6) is -0.180. The SMILES string of the molecule is CCOc1ccc(NC(=O)C[C@](C)(O)C(F)(F)F)cc1OC. The lowest BCUT2D eigenvalue weighted by atomic mass is 10.0. The van der Waals surface area contributed by atoms with Crippen LogP contribution in [0, 0.1) is 0 Å². The first-order chi connectivity index (χ1) is 10.1. The molecule has 0 saturated carbocycles. The number of carbonyl (C=O) groups is 1. The van der Waals surface area contributed by atoms with Crippen LogP contribution in [0.3, 0.4) is 0 Å². The molecule has 5 nitrogen and oxygen atoms in total. The van der Waals surface area contributed by atoms with Gasteiger partial charge in [-0.05, 0) is 26.0 Å². The second kappa shape index (κ2) is 6.87. The van der Waals surface area contributed by atoms with Gasteiger partial charge in [-0.25, -0.2) is 0 Å². The number of hydrogen-bond acceptors (Lipinski definition) is 4. The highest BCUT2D eigenvalue weighted by Gasteiger charge is 2.50. The zero-order chi connectivity index (χ0) is 17.0. The van der Waals surface area contributed by atoms with Crippen molar-refractivity contribution in [1.82, 2.24) is 0 Å². The van der Waals surface area contributed by atoms with Crippen molar-refractivity contribution in [2.75, 3.05) is 19.0 Å². The average molecular weight is 321 g/mol. The molecule has 0 aromatic heterocycles. The van der Waals surface area contributed by atoms with E-state index >= 15 is 0 Å². The molecule has 0 fully saturated rings. The lowest BCUT2D eigenvalue weighted by Gasteiger charge is -2.25. The Balaban J connectivity index is 2.81. The third-order valence-corrected chi connectivity index (χ3v) is 2.86. The second-order valence-electron chi connectivity index (χ2n) is 4.80. The predicted molar refractivity (Wildman–Crippen MR) is 74.1 cm³/mol. The molecule has 0 radical (unpaired) electrons. The molecule has 1 aromatic carbocycles. The number of halogens is 3. The molecule has 2 N–H and O–H groups in total. The van der Waals surface area contributed by atoms with E-state index in [2.05, 4.69) is 5.32 Å². The van der Waals surface area contributed by atoms with Crippen molar-refractivity contribution in [2.45, 2.75) is 32.0 Å². The van der Waals surface area contributed by atoms with E-state index in [-0.39, 0.29) is 5.69 Å². The zero-order valence-electron chi connectivity index (χ0n) is 12.5. The maximum Gasteiger partial charge on any atom is 0.417 e. The van der Waals surface area contributed by atoms with Crippen molar-refractivity contribution in [3.8, 4) is 11.5 Å². The number of carbonyl (C=O) groups excluding carboxylic acids is 1. The van der Waals surface area contributed by atoms with Gasteiger partial charge >= 0.3 is 6.18 Å². The van der Waals surface area contributed by atoms with Crippen molar-refractivity contribution >= 4 is 11.6 Å². The molecule has 1 rings (SSSR count). The maximum absolute atomic E-state index is 12.5. The fraction of sp³-hybridized carbons (Fsp3) is 0.500. The lowest BCUT2D eigenvalue weighted by Crippen LogP contribution is -2.44. The van der Waals surface area contributed by atoms with Crippen LogP contribution in [0.15, 0.2) is 18.2 Å². The van der Waals surface area contributed by atoms with Crippen LogP contribution in [0.25, 0.3) is 0 Å². The summed E-state index contributed by atoms with van der Waals surface area (Å²) in [6, 6.07) is 4.42. The molecule has 8 heteroatoms. The first kappa shape index (κ1) is 18.1. The Morgan fingerprint density at radius 3 is 2.45 bits per heavy atom. The number of amides is 1. The number of hydrogen-bond donors (Lipinski definition) is 2. The summed E-state index contributed by atoms with van der Waals surface area (Å²) in [6.07, 6.45) is -5.99. The topological polar surface area (TPSA) is 67.8 Å². The zero-order valence-corrected chi connectivity index (χ0v) is 12.5. The molecule has 124 valence electrons. The molecule has 1 aromatic rings. The van der Waals surface area contributed by atoms with E-state index in [0.717, 1.165) is 0 Å². The quantitative estimate of drug-likeness (QED) is 0.845. The molecule has 0 aliphatic heterocycles. The van der Waals surface area contributed by atoms with Gasteiger partial charge in [0.25, 0.3) is 0 Å². The molecular weight excluding hydrogens is 303 g/mol. The highest BCUT2D eigenvalue weighted by atomic mass is 19.4. The molecule has 0 bridgehead atoms. The summed E-state index contributed by atoms with van der Waals surface area (Å²) in [6.45, 7) is 2.75. The Labute approximate surface area is 126 Å². The van der Waals surface area contributed by atoms with Crippen LogP contribution in [-0.4, -0.2) is 36.5 Å². The lowest BCUT2D eigenvalue weighted by molar-refractivity contribution is -0.252. The number of nitrogens with one attached hydrogen (secondary N) is 1. The van der Waals surface area contributed by atoms with Gasteiger partial charge in [0.1, 0.15) is 0 Å². The fourth-order valence-corrected chi connectivity index (χ4v) is 1.64. The van der Waals surface area contributed by atoms with Crippen molar-refractivity contribution in [3.05, 3.63) is 18.2 Å². The van der Waals surface area contributed by atoms with E-state index < -0.39 is 24.1 Å². The number of rotatable bonds is 6. The van der Waals surface area contributed by atoms with E-state index in [1.54, 1.807) is 6.92 Å². The van der Waals surface area contributed by atoms with Gasteiger partial charge in [-0.2, -0.15) is 13.2 Å². The number of ether oxygens (including phenoxy) is 2. The highest BCUT2D eigenvalue weighted by Crippen LogP contribution is 2.33. The molecule has 0 aliphatic carbocycles. The number of anilines is 1. The van der Waals surface area contributed by atoms with Crippen molar-refractivity contribution in [3.63, 3.8) is 0 Å². The first-order valence-electron chi connectivity index (χ1n) is 6.50. The van der Waals surface area contributed by atoms with Gasteiger partial charge in [-0.3, -0.25) is 4.79 Å². The van der Waals surface area contributed by atoms with Crippen LogP contribution < -0.4 is 14.8 Å². The Kier molecular flexibility index (Phi) is 5.65. The number of aliphatic hydroxyl groups is 1. The summed E-state index contributed by atoms with van der Waals surface area (Å²) in [5, 5.41) is 11.6. The Morgan fingerprint density at radius 1 is 1.32 bits per heavy atom. The van der Waals surface area contributed by atoms with E-state index in [1.807, 2.05) is 0 Å². The largest absolute Gasteiger partial charge is 0.493 e. The third-order valence-electron chi connectivity index (χ3n) is 2.86.